The number of hydrogen-bond acceptors (Lipinski definition) is 3. The maximum absolute atomic E-state index is 12.2. The molecule has 1 heterocycles. The van der Waals surface area contributed by atoms with Gasteiger partial charge in [-0.25, -0.2) is 4.98 Å². The zero-order chi connectivity index (χ0) is 16.8. The second kappa shape index (κ2) is 7.87. The van der Waals surface area contributed by atoms with E-state index < -0.39 is 0 Å². The highest BCUT2D eigenvalue weighted by Gasteiger charge is 2.17. The number of nitrogens with one attached hydrogen (secondary N) is 2. The lowest BCUT2D eigenvalue weighted by Gasteiger charge is -2.18. The summed E-state index contributed by atoms with van der Waals surface area (Å²) in [4.78, 5) is 27.9. The second-order valence-corrected chi connectivity index (χ2v) is 6.14. The Hall–Kier alpha value is -2.21. The molecule has 2 N–H and O–H groups in total. The molecule has 2 aromatic rings. The summed E-state index contributed by atoms with van der Waals surface area (Å²) >= 11 is 3.37. The van der Waals surface area contributed by atoms with Crippen molar-refractivity contribution in [3.05, 3.63) is 58.2 Å². The van der Waals surface area contributed by atoms with E-state index in [2.05, 4.69) is 31.5 Å². The topological polar surface area (TPSA) is 71.1 Å². The van der Waals surface area contributed by atoms with E-state index in [4.69, 9.17) is 0 Å². The summed E-state index contributed by atoms with van der Waals surface area (Å²) in [7, 11) is 0. The molecule has 120 valence electrons. The van der Waals surface area contributed by atoms with Gasteiger partial charge in [-0.2, -0.15) is 0 Å². The second-order valence-electron chi connectivity index (χ2n) is 5.22. The van der Waals surface area contributed by atoms with Gasteiger partial charge in [0.05, 0.1) is 12.5 Å². The average Bonchev–Trinajstić information content (AvgIpc) is 2.46. The quantitative estimate of drug-likeness (QED) is 0.841. The minimum absolute atomic E-state index is 0.136. The molecule has 2 rings (SSSR count). The van der Waals surface area contributed by atoms with Gasteiger partial charge in [-0.3, -0.25) is 9.59 Å². The normalized spacial score (nSPS) is 11.6. The van der Waals surface area contributed by atoms with E-state index in [1.54, 1.807) is 6.07 Å². The predicted octanol–water partition coefficient (Wildman–Crippen LogP) is 3.36. The third-order valence-electron chi connectivity index (χ3n) is 3.20. The highest BCUT2D eigenvalue weighted by atomic mass is 79.9. The molecule has 1 atom stereocenters. The van der Waals surface area contributed by atoms with Crippen molar-refractivity contribution < 1.29 is 9.59 Å². The van der Waals surface area contributed by atoms with Crippen molar-refractivity contribution in [1.29, 1.82) is 0 Å². The Bertz CT molecular complexity index is 701. The number of aryl methyl sites for hydroxylation is 1. The lowest BCUT2D eigenvalue weighted by atomic mass is 10.0. The molecule has 0 saturated carbocycles. The van der Waals surface area contributed by atoms with E-state index in [0.29, 0.717) is 5.82 Å². The van der Waals surface area contributed by atoms with Crippen molar-refractivity contribution in [2.45, 2.75) is 26.3 Å². The molecule has 0 aliphatic rings. The van der Waals surface area contributed by atoms with Gasteiger partial charge >= 0.3 is 0 Å². The first-order chi connectivity index (χ1) is 10.9. The van der Waals surface area contributed by atoms with Crippen molar-refractivity contribution in [2.75, 3.05) is 5.32 Å². The standard InChI is InChI=1S/C17H18BrN3O2/c1-11-4-3-5-16(19-11)21-17(23)10-15(20-12(2)22)13-6-8-14(18)9-7-13/h3-9,15H,10H2,1-2H3,(H,20,22)(H,19,21,23)/t15-/m0/s1. The molecule has 1 aromatic heterocycles. The molecule has 5 nitrogen and oxygen atoms in total. The van der Waals surface area contributed by atoms with Crippen LogP contribution in [0.15, 0.2) is 46.9 Å². The number of benzene rings is 1. The fourth-order valence-corrected chi connectivity index (χ4v) is 2.45. The van der Waals surface area contributed by atoms with E-state index >= 15 is 0 Å². The summed E-state index contributed by atoms with van der Waals surface area (Å²) in [6.07, 6.45) is 0.136. The first kappa shape index (κ1) is 17.1. The first-order valence-corrected chi connectivity index (χ1v) is 7.99. The molecule has 0 bridgehead atoms. The molecule has 0 fully saturated rings. The highest BCUT2D eigenvalue weighted by molar-refractivity contribution is 9.10. The van der Waals surface area contributed by atoms with Crippen LogP contribution < -0.4 is 10.6 Å². The summed E-state index contributed by atoms with van der Waals surface area (Å²) in [5.41, 5.74) is 1.70. The van der Waals surface area contributed by atoms with Crippen LogP contribution in [0.25, 0.3) is 0 Å². The van der Waals surface area contributed by atoms with Crippen LogP contribution in [0.1, 0.15) is 30.6 Å². The molecule has 0 saturated heterocycles. The van der Waals surface area contributed by atoms with Crippen molar-refractivity contribution in [2.24, 2.45) is 0 Å². The lowest BCUT2D eigenvalue weighted by Crippen LogP contribution is -2.29. The van der Waals surface area contributed by atoms with E-state index in [1.165, 1.54) is 6.92 Å². The maximum Gasteiger partial charge on any atom is 0.227 e. The molecule has 1 aromatic carbocycles. The Morgan fingerprint density at radius 2 is 1.87 bits per heavy atom. The Kier molecular flexibility index (Phi) is 5.87. The first-order valence-electron chi connectivity index (χ1n) is 7.20. The Morgan fingerprint density at radius 3 is 2.48 bits per heavy atom. The monoisotopic (exact) mass is 375 g/mol. The van der Waals surface area contributed by atoms with Crippen LogP contribution in [0.3, 0.4) is 0 Å². The fourth-order valence-electron chi connectivity index (χ4n) is 2.18. The SMILES string of the molecule is CC(=O)N[C@@H](CC(=O)Nc1cccc(C)n1)c1ccc(Br)cc1. The molecule has 2 amide bonds. The van der Waals surface area contributed by atoms with Crippen LogP contribution in [0, 0.1) is 6.92 Å². The van der Waals surface area contributed by atoms with E-state index in [0.717, 1.165) is 15.7 Å². The Morgan fingerprint density at radius 1 is 1.17 bits per heavy atom. The number of amides is 2. The number of carbonyl (C=O) groups excluding carboxylic acids is 2. The number of pyridine rings is 1. The highest BCUT2D eigenvalue weighted by Crippen LogP contribution is 2.20. The van der Waals surface area contributed by atoms with Gasteiger partial charge < -0.3 is 10.6 Å². The Balaban J connectivity index is 2.09. The summed E-state index contributed by atoms with van der Waals surface area (Å²) in [5, 5.41) is 5.57. The summed E-state index contributed by atoms with van der Waals surface area (Å²) in [6, 6.07) is 12.6. The van der Waals surface area contributed by atoms with Gasteiger partial charge in [0.2, 0.25) is 11.8 Å². The van der Waals surface area contributed by atoms with Crippen LogP contribution >= 0.6 is 15.9 Å². The van der Waals surface area contributed by atoms with Crippen LogP contribution in [0.2, 0.25) is 0 Å². The van der Waals surface area contributed by atoms with Gasteiger partial charge in [-0.15, -0.1) is 0 Å². The smallest absolute Gasteiger partial charge is 0.227 e. The molecule has 6 heteroatoms. The number of halogens is 1. The number of hydrogen-bond donors (Lipinski definition) is 2. The molecule has 0 aliphatic heterocycles. The van der Waals surface area contributed by atoms with Crippen molar-refractivity contribution in [1.82, 2.24) is 10.3 Å². The van der Waals surface area contributed by atoms with E-state index in [9.17, 15) is 9.59 Å². The molecular formula is C17H18BrN3O2. The van der Waals surface area contributed by atoms with E-state index in [1.807, 2.05) is 43.3 Å². The third kappa shape index (κ3) is 5.49. The van der Waals surface area contributed by atoms with E-state index in [-0.39, 0.29) is 24.3 Å². The minimum atomic E-state index is -0.384. The summed E-state index contributed by atoms with van der Waals surface area (Å²) in [5.74, 6) is 0.122. The maximum atomic E-state index is 12.2. The molecule has 0 radical (unpaired) electrons. The minimum Gasteiger partial charge on any atom is -0.349 e. The molecule has 23 heavy (non-hydrogen) atoms. The lowest BCUT2D eigenvalue weighted by molar-refractivity contribution is -0.120. The molecule has 0 unspecified atom stereocenters. The predicted molar refractivity (Wildman–Crippen MR) is 92.9 cm³/mol. The third-order valence-corrected chi connectivity index (χ3v) is 3.72. The summed E-state index contributed by atoms with van der Waals surface area (Å²) < 4.78 is 0.941. The zero-order valence-corrected chi connectivity index (χ0v) is 14.6. The molecule has 0 spiro atoms. The van der Waals surface area contributed by atoms with Gasteiger partial charge in [0.15, 0.2) is 0 Å². The van der Waals surface area contributed by atoms with Crippen LogP contribution in [-0.2, 0) is 9.59 Å². The average molecular weight is 376 g/mol. The van der Waals surface area contributed by atoms with Gasteiger partial charge in [0.25, 0.3) is 0 Å². The van der Waals surface area contributed by atoms with Gasteiger partial charge in [0.1, 0.15) is 5.82 Å². The number of aromatic nitrogens is 1. The number of nitrogens with zero attached hydrogens (tertiary/aromatic N) is 1. The zero-order valence-electron chi connectivity index (χ0n) is 13.0. The largest absolute Gasteiger partial charge is 0.349 e. The van der Waals surface area contributed by atoms with Crippen molar-refractivity contribution in [3.8, 4) is 0 Å². The van der Waals surface area contributed by atoms with Crippen LogP contribution in [0.5, 0.6) is 0 Å². The van der Waals surface area contributed by atoms with Crippen molar-refractivity contribution >= 4 is 33.6 Å². The number of rotatable bonds is 5. The molecular weight excluding hydrogens is 358 g/mol. The number of carbonyl (C=O) groups is 2. The fraction of sp³-hybridized carbons (Fsp3) is 0.235. The number of anilines is 1. The summed E-state index contributed by atoms with van der Waals surface area (Å²) in [6.45, 7) is 3.30. The molecule has 0 aliphatic carbocycles. The van der Waals surface area contributed by atoms with Gasteiger partial charge in [-0.1, -0.05) is 34.1 Å². The Labute approximate surface area is 143 Å². The van der Waals surface area contributed by atoms with Gasteiger partial charge in [0, 0.05) is 17.1 Å². The van der Waals surface area contributed by atoms with Crippen LogP contribution in [-0.4, -0.2) is 16.8 Å². The van der Waals surface area contributed by atoms with Crippen LogP contribution in [0.4, 0.5) is 5.82 Å². The van der Waals surface area contributed by atoms with Gasteiger partial charge in [-0.05, 0) is 36.8 Å². The van der Waals surface area contributed by atoms with Crippen molar-refractivity contribution in [3.63, 3.8) is 0 Å².